The van der Waals surface area contributed by atoms with Gasteiger partial charge in [-0.3, -0.25) is 14.5 Å². The Hall–Kier alpha value is -2.90. The minimum Gasteiger partial charge on any atom is -0.493 e. The molecule has 0 saturated heterocycles. The molecule has 0 aliphatic carbocycles. The number of carbonyl (C=O) groups is 2. The fourth-order valence-electron chi connectivity index (χ4n) is 3.98. The summed E-state index contributed by atoms with van der Waals surface area (Å²) in [5, 5.41) is 6.04. The lowest BCUT2D eigenvalue weighted by Gasteiger charge is -2.23. The van der Waals surface area contributed by atoms with Crippen molar-refractivity contribution in [3.63, 3.8) is 0 Å². The molecule has 0 atom stereocenters. The van der Waals surface area contributed by atoms with E-state index in [2.05, 4.69) is 32.6 Å². The van der Waals surface area contributed by atoms with E-state index in [4.69, 9.17) is 4.74 Å². The minimum absolute atomic E-state index is 0.0337. The van der Waals surface area contributed by atoms with Crippen LogP contribution in [-0.4, -0.2) is 68.5 Å². The van der Waals surface area contributed by atoms with Gasteiger partial charge in [0, 0.05) is 37.3 Å². The van der Waals surface area contributed by atoms with Crippen molar-refractivity contribution in [1.82, 2.24) is 20.4 Å². The topological polar surface area (TPSA) is 73.9 Å². The molecule has 2 amide bonds. The maximum absolute atomic E-state index is 12.7. The van der Waals surface area contributed by atoms with Gasteiger partial charge in [0.15, 0.2) is 0 Å². The summed E-state index contributed by atoms with van der Waals surface area (Å²) in [6.45, 7) is 4.36. The number of amides is 2. The maximum atomic E-state index is 12.7. The predicted molar refractivity (Wildman–Crippen MR) is 135 cm³/mol. The van der Waals surface area contributed by atoms with Gasteiger partial charge in [-0.15, -0.1) is 0 Å². The first-order valence-electron chi connectivity index (χ1n) is 12.2. The highest BCUT2D eigenvalue weighted by Gasteiger charge is 2.17. The molecule has 0 unspecified atom stereocenters. The van der Waals surface area contributed by atoms with E-state index < -0.39 is 0 Å². The van der Waals surface area contributed by atoms with Crippen LogP contribution in [0.25, 0.3) is 0 Å². The lowest BCUT2D eigenvalue weighted by atomic mass is 10.1. The lowest BCUT2D eigenvalue weighted by Crippen LogP contribution is -2.37. The quantitative estimate of drug-likeness (QED) is 0.614. The van der Waals surface area contributed by atoms with Gasteiger partial charge in [0.05, 0.1) is 13.2 Å². The molecular weight excluding hydrogens is 428 g/mol. The summed E-state index contributed by atoms with van der Waals surface area (Å²) in [7, 11) is 4.05. The van der Waals surface area contributed by atoms with Crippen LogP contribution < -0.4 is 15.4 Å². The molecule has 0 bridgehead atoms. The second-order valence-corrected chi connectivity index (χ2v) is 9.13. The van der Waals surface area contributed by atoms with Gasteiger partial charge in [0.2, 0.25) is 5.91 Å². The first-order chi connectivity index (χ1) is 16.5. The van der Waals surface area contributed by atoms with Crippen molar-refractivity contribution in [3.05, 3.63) is 65.2 Å². The number of nitrogens with zero attached hydrogens (tertiary/aromatic N) is 2. The standard InChI is InChI=1S/C27H38N4O3/c1-30(2)16-9-15-29-27(33)23-12-13-24-20-31(19-22-10-5-3-6-11-22)21-26(32)28-14-7-4-8-17-34-25(24)18-23/h3,5-6,10-13,18H,4,7-9,14-17,19-21H2,1-2H3,(H,28,32)(H,29,33). The highest BCUT2D eigenvalue weighted by Crippen LogP contribution is 2.24. The number of carbonyl (C=O) groups excluding carboxylic acids is 2. The fourth-order valence-corrected chi connectivity index (χ4v) is 3.98. The number of hydrogen-bond donors (Lipinski definition) is 2. The Bertz CT molecular complexity index is 917. The van der Waals surface area contributed by atoms with E-state index in [0.717, 1.165) is 49.1 Å². The molecule has 7 nitrogen and oxygen atoms in total. The molecule has 184 valence electrons. The van der Waals surface area contributed by atoms with Gasteiger partial charge in [0.1, 0.15) is 5.75 Å². The van der Waals surface area contributed by atoms with Crippen LogP contribution >= 0.6 is 0 Å². The summed E-state index contributed by atoms with van der Waals surface area (Å²) in [6, 6.07) is 15.8. The van der Waals surface area contributed by atoms with Crippen molar-refractivity contribution >= 4 is 11.8 Å². The molecule has 2 aromatic carbocycles. The number of fused-ring (bicyclic) bond motifs is 1. The largest absolute Gasteiger partial charge is 0.493 e. The van der Waals surface area contributed by atoms with Crippen LogP contribution in [0.2, 0.25) is 0 Å². The molecule has 34 heavy (non-hydrogen) atoms. The van der Waals surface area contributed by atoms with Crippen LogP contribution in [0.4, 0.5) is 0 Å². The van der Waals surface area contributed by atoms with Crippen LogP contribution in [0.5, 0.6) is 5.75 Å². The minimum atomic E-state index is -0.0893. The average molecular weight is 467 g/mol. The molecule has 2 aromatic rings. The van der Waals surface area contributed by atoms with Crippen molar-refractivity contribution in [2.24, 2.45) is 0 Å². The van der Waals surface area contributed by atoms with Gasteiger partial charge in [-0.25, -0.2) is 0 Å². The fraction of sp³-hybridized carbons (Fsp3) is 0.481. The summed E-state index contributed by atoms with van der Waals surface area (Å²) >= 11 is 0. The Labute approximate surface area is 203 Å². The zero-order valence-electron chi connectivity index (χ0n) is 20.5. The summed E-state index contributed by atoms with van der Waals surface area (Å²) < 4.78 is 6.16. The SMILES string of the molecule is CN(C)CCCNC(=O)c1ccc2c(c1)OCCCCCNC(=O)CN(Cc1ccccc1)C2. The van der Waals surface area contributed by atoms with Gasteiger partial charge in [0.25, 0.3) is 5.91 Å². The third-order valence-electron chi connectivity index (χ3n) is 5.81. The lowest BCUT2D eigenvalue weighted by molar-refractivity contribution is -0.122. The Morgan fingerprint density at radius 3 is 2.71 bits per heavy atom. The summed E-state index contributed by atoms with van der Waals surface area (Å²) in [4.78, 5) is 29.5. The molecule has 2 N–H and O–H groups in total. The van der Waals surface area contributed by atoms with Crippen LogP contribution in [0.3, 0.4) is 0 Å². The number of ether oxygens (including phenoxy) is 1. The van der Waals surface area contributed by atoms with Crippen LogP contribution in [0, 0.1) is 0 Å². The Morgan fingerprint density at radius 1 is 1.09 bits per heavy atom. The molecule has 1 heterocycles. The molecule has 0 saturated carbocycles. The van der Waals surface area contributed by atoms with E-state index in [-0.39, 0.29) is 11.8 Å². The molecule has 0 spiro atoms. The van der Waals surface area contributed by atoms with Crippen LogP contribution in [-0.2, 0) is 17.9 Å². The van der Waals surface area contributed by atoms with Gasteiger partial charge in [-0.1, -0.05) is 36.4 Å². The van der Waals surface area contributed by atoms with Crippen molar-refractivity contribution in [3.8, 4) is 5.75 Å². The molecule has 0 fully saturated rings. The van der Waals surface area contributed by atoms with Gasteiger partial charge in [-0.05, 0) is 64.0 Å². The van der Waals surface area contributed by atoms with Crippen molar-refractivity contribution in [1.29, 1.82) is 0 Å². The van der Waals surface area contributed by atoms with E-state index in [1.165, 1.54) is 0 Å². The highest BCUT2D eigenvalue weighted by molar-refractivity contribution is 5.94. The summed E-state index contributed by atoms with van der Waals surface area (Å²) in [5.74, 6) is 0.665. The maximum Gasteiger partial charge on any atom is 0.251 e. The number of rotatable bonds is 7. The monoisotopic (exact) mass is 466 g/mol. The molecule has 0 radical (unpaired) electrons. The molecule has 1 aliphatic heterocycles. The summed E-state index contributed by atoms with van der Waals surface area (Å²) in [6.07, 6.45) is 3.71. The Balaban J connectivity index is 1.77. The number of nitrogens with one attached hydrogen (secondary N) is 2. The van der Waals surface area contributed by atoms with Crippen LogP contribution in [0.15, 0.2) is 48.5 Å². The predicted octanol–water partition coefficient (Wildman–Crippen LogP) is 3.05. The van der Waals surface area contributed by atoms with Crippen molar-refractivity contribution < 1.29 is 14.3 Å². The van der Waals surface area contributed by atoms with Crippen molar-refractivity contribution in [2.75, 3.05) is 46.9 Å². The second-order valence-electron chi connectivity index (χ2n) is 9.13. The third kappa shape index (κ3) is 8.80. The average Bonchev–Trinajstić information content (AvgIpc) is 2.83. The first-order valence-corrected chi connectivity index (χ1v) is 12.2. The Morgan fingerprint density at radius 2 is 1.91 bits per heavy atom. The normalized spacial score (nSPS) is 15.8. The second kappa shape index (κ2) is 13.7. The number of hydrogen-bond acceptors (Lipinski definition) is 5. The summed E-state index contributed by atoms with van der Waals surface area (Å²) in [5.41, 5.74) is 2.73. The highest BCUT2D eigenvalue weighted by atomic mass is 16.5. The van der Waals surface area contributed by atoms with Crippen LogP contribution in [0.1, 0.15) is 47.2 Å². The molecule has 3 rings (SSSR count). The molecular formula is C27H38N4O3. The molecule has 1 aliphatic rings. The van der Waals surface area contributed by atoms with E-state index >= 15 is 0 Å². The smallest absolute Gasteiger partial charge is 0.251 e. The molecule has 7 heteroatoms. The van der Waals surface area contributed by atoms with Gasteiger partial charge >= 0.3 is 0 Å². The van der Waals surface area contributed by atoms with Gasteiger partial charge < -0.3 is 20.3 Å². The molecule has 0 aromatic heterocycles. The third-order valence-corrected chi connectivity index (χ3v) is 5.81. The Kier molecular flexibility index (Phi) is 10.4. The van der Waals surface area contributed by atoms with E-state index in [1.54, 1.807) is 0 Å². The zero-order chi connectivity index (χ0) is 24.2. The number of benzene rings is 2. The van der Waals surface area contributed by atoms with Crippen molar-refractivity contribution in [2.45, 2.75) is 38.8 Å². The van der Waals surface area contributed by atoms with E-state index in [1.807, 2.05) is 50.5 Å². The zero-order valence-corrected chi connectivity index (χ0v) is 20.5. The van der Waals surface area contributed by atoms with E-state index in [9.17, 15) is 9.59 Å². The van der Waals surface area contributed by atoms with Gasteiger partial charge in [-0.2, -0.15) is 0 Å². The first kappa shape index (κ1) is 25.7. The van der Waals surface area contributed by atoms with E-state index in [0.29, 0.717) is 44.9 Å².